The van der Waals surface area contributed by atoms with E-state index in [2.05, 4.69) is 0 Å². The molecule has 0 spiro atoms. The number of halogens is 9. The van der Waals surface area contributed by atoms with E-state index in [0.29, 0.717) is 0 Å². The molecule has 6 atom stereocenters. The highest BCUT2D eigenvalue weighted by Crippen LogP contribution is 2.56. The van der Waals surface area contributed by atoms with Gasteiger partial charge in [0.1, 0.15) is 6.79 Å². The molecular formula is C25H31F9O3. The quantitative estimate of drug-likeness (QED) is 0.254. The van der Waals surface area contributed by atoms with Crippen LogP contribution in [0.3, 0.4) is 0 Å². The molecule has 1 N–H and O–H groups in total. The van der Waals surface area contributed by atoms with Crippen LogP contribution in [-0.4, -0.2) is 42.1 Å². The molecule has 2 aliphatic carbocycles. The van der Waals surface area contributed by atoms with Gasteiger partial charge in [-0.2, -0.15) is 39.5 Å². The first-order valence-corrected chi connectivity index (χ1v) is 12.1. The van der Waals surface area contributed by atoms with Crippen molar-refractivity contribution in [1.82, 2.24) is 0 Å². The van der Waals surface area contributed by atoms with Crippen molar-refractivity contribution in [2.24, 2.45) is 17.8 Å². The maximum Gasteiger partial charge on any atom is 0.426 e. The summed E-state index contributed by atoms with van der Waals surface area (Å²) < 4.78 is 132. The zero-order valence-corrected chi connectivity index (χ0v) is 20.6. The van der Waals surface area contributed by atoms with Crippen LogP contribution in [0.2, 0.25) is 0 Å². The van der Waals surface area contributed by atoms with E-state index in [1.807, 2.05) is 13.8 Å². The summed E-state index contributed by atoms with van der Waals surface area (Å²) in [6, 6.07) is 5.80. The van der Waals surface area contributed by atoms with Gasteiger partial charge < -0.3 is 14.6 Å². The molecular weight excluding hydrogens is 519 g/mol. The van der Waals surface area contributed by atoms with Crippen molar-refractivity contribution in [1.29, 1.82) is 0 Å². The monoisotopic (exact) mass is 550 g/mol. The third-order valence-electron chi connectivity index (χ3n) is 8.20. The Bertz CT molecular complexity index is 896. The van der Waals surface area contributed by atoms with Gasteiger partial charge >= 0.3 is 18.5 Å². The number of benzene rings is 1. The Kier molecular flexibility index (Phi) is 8.29. The summed E-state index contributed by atoms with van der Waals surface area (Å²) in [5.41, 5.74) is -6.92. The standard InChI is InChI=1S/C25H31F9O3/c1-4-14(2)16-5-7-18(8-6-16)21(3,23(26,27)28)37-13-36-20-11-15-9-17(19(20)10-15)12-22(35,24(29,30)31)25(32,33)34/h5-8,14-15,17,19-20,35H,4,9-13H2,1-3H3. The zero-order valence-electron chi connectivity index (χ0n) is 20.6. The smallest absolute Gasteiger partial charge is 0.374 e. The second kappa shape index (κ2) is 10.2. The van der Waals surface area contributed by atoms with Gasteiger partial charge in [0.2, 0.25) is 0 Å². The molecule has 1 aromatic rings. The fraction of sp³-hybridized carbons (Fsp3) is 0.760. The van der Waals surface area contributed by atoms with Crippen molar-refractivity contribution >= 4 is 0 Å². The molecule has 2 fully saturated rings. The average molecular weight is 551 g/mol. The number of ether oxygens (including phenoxy) is 2. The third kappa shape index (κ3) is 5.75. The highest BCUT2D eigenvalue weighted by atomic mass is 19.4. The Morgan fingerprint density at radius 1 is 0.892 bits per heavy atom. The normalized spacial score (nSPS) is 27.4. The topological polar surface area (TPSA) is 38.7 Å². The lowest BCUT2D eigenvalue weighted by Gasteiger charge is -2.38. The van der Waals surface area contributed by atoms with Crippen LogP contribution in [0.1, 0.15) is 69.9 Å². The van der Waals surface area contributed by atoms with Crippen LogP contribution in [0.25, 0.3) is 0 Å². The molecule has 212 valence electrons. The van der Waals surface area contributed by atoms with Gasteiger partial charge in [-0.1, -0.05) is 38.1 Å². The predicted molar refractivity (Wildman–Crippen MR) is 115 cm³/mol. The maximum atomic E-state index is 14.0. The predicted octanol–water partition coefficient (Wildman–Crippen LogP) is 7.63. The molecule has 6 unspecified atom stereocenters. The van der Waals surface area contributed by atoms with E-state index < -0.39 is 60.9 Å². The number of alkyl halides is 9. The maximum absolute atomic E-state index is 14.0. The second-order valence-corrected chi connectivity index (χ2v) is 10.5. The lowest BCUT2D eigenvalue weighted by molar-refractivity contribution is -0.373. The van der Waals surface area contributed by atoms with E-state index in [-0.39, 0.29) is 36.7 Å². The van der Waals surface area contributed by atoms with Crippen molar-refractivity contribution < 1.29 is 54.1 Å². The fourth-order valence-corrected chi connectivity index (χ4v) is 5.56. The van der Waals surface area contributed by atoms with E-state index in [0.717, 1.165) is 18.9 Å². The Hall–Kier alpha value is -1.53. The SMILES string of the molecule is CCC(C)c1ccc(C(C)(OCOC2CC3CC(CC(O)(C(F)(F)F)C(F)(F)F)C2C3)C(F)(F)F)cc1. The van der Waals surface area contributed by atoms with Crippen molar-refractivity contribution in [3.05, 3.63) is 35.4 Å². The average Bonchev–Trinajstić information content (AvgIpc) is 3.36. The molecule has 1 aromatic carbocycles. The van der Waals surface area contributed by atoms with E-state index >= 15 is 0 Å². The number of hydrogen-bond acceptors (Lipinski definition) is 3. The van der Waals surface area contributed by atoms with Gasteiger partial charge in [0.05, 0.1) is 6.10 Å². The minimum atomic E-state index is -5.93. The highest BCUT2D eigenvalue weighted by Gasteiger charge is 2.71. The molecule has 3 nitrogen and oxygen atoms in total. The molecule has 0 radical (unpaired) electrons. The van der Waals surface area contributed by atoms with E-state index in [1.54, 1.807) is 12.1 Å². The van der Waals surface area contributed by atoms with Crippen molar-refractivity contribution in [2.75, 3.05) is 6.79 Å². The van der Waals surface area contributed by atoms with Crippen molar-refractivity contribution in [2.45, 2.75) is 94.6 Å². The molecule has 0 aliphatic heterocycles. The van der Waals surface area contributed by atoms with E-state index in [4.69, 9.17) is 9.47 Å². The van der Waals surface area contributed by atoms with Gasteiger partial charge in [-0.25, -0.2) is 0 Å². The number of hydrogen-bond donors (Lipinski definition) is 1. The van der Waals surface area contributed by atoms with Crippen molar-refractivity contribution in [3.63, 3.8) is 0 Å². The van der Waals surface area contributed by atoms with Gasteiger partial charge in [0.15, 0.2) is 5.60 Å². The molecule has 3 rings (SSSR count). The lowest BCUT2D eigenvalue weighted by Crippen LogP contribution is -2.58. The fourth-order valence-electron chi connectivity index (χ4n) is 5.56. The number of aliphatic hydroxyl groups is 1. The third-order valence-corrected chi connectivity index (χ3v) is 8.20. The molecule has 2 bridgehead atoms. The Morgan fingerprint density at radius 2 is 1.46 bits per heavy atom. The summed E-state index contributed by atoms with van der Waals surface area (Å²) in [6.07, 6.45) is -17.7. The minimum absolute atomic E-state index is 0.0443. The molecule has 37 heavy (non-hydrogen) atoms. The molecule has 0 aromatic heterocycles. The second-order valence-electron chi connectivity index (χ2n) is 10.5. The largest absolute Gasteiger partial charge is 0.426 e. The summed E-state index contributed by atoms with van der Waals surface area (Å²) in [4.78, 5) is 0. The first-order valence-electron chi connectivity index (χ1n) is 12.1. The highest BCUT2D eigenvalue weighted by molar-refractivity contribution is 5.30. The summed E-state index contributed by atoms with van der Waals surface area (Å²) >= 11 is 0. The van der Waals surface area contributed by atoms with Crippen LogP contribution in [-0.2, 0) is 15.1 Å². The summed E-state index contributed by atoms with van der Waals surface area (Å²) in [5.74, 6) is -2.02. The zero-order chi connectivity index (χ0) is 28.0. The van der Waals surface area contributed by atoms with Gasteiger partial charge in [-0.05, 0) is 73.8 Å². The molecule has 0 saturated heterocycles. The van der Waals surface area contributed by atoms with Crippen LogP contribution in [0.15, 0.2) is 24.3 Å². The first-order chi connectivity index (χ1) is 16.8. The van der Waals surface area contributed by atoms with Gasteiger partial charge in [0, 0.05) is 0 Å². The Labute approximate surface area is 209 Å². The van der Waals surface area contributed by atoms with Crippen LogP contribution in [0.4, 0.5) is 39.5 Å². The molecule has 2 aliphatic rings. The van der Waals surface area contributed by atoms with E-state index in [9.17, 15) is 44.6 Å². The molecule has 0 amide bonds. The number of fused-ring (bicyclic) bond motifs is 2. The lowest BCUT2D eigenvalue weighted by atomic mass is 9.78. The summed E-state index contributed by atoms with van der Waals surface area (Å²) in [5, 5.41) is 9.59. The van der Waals surface area contributed by atoms with Crippen LogP contribution in [0.5, 0.6) is 0 Å². The van der Waals surface area contributed by atoms with Crippen LogP contribution >= 0.6 is 0 Å². The van der Waals surface area contributed by atoms with Crippen LogP contribution in [0, 0.1) is 17.8 Å². The van der Waals surface area contributed by atoms with Gasteiger partial charge in [-0.15, -0.1) is 0 Å². The van der Waals surface area contributed by atoms with Crippen LogP contribution < -0.4 is 0 Å². The summed E-state index contributed by atoms with van der Waals surface area (Å²) in [7, 11) is 0. The Morgan fingerprint density at radius 3 is 1.92 bits per heavy atom. The van der Waals surface area contributed by atoms with Gasteiger partial charge in [0.25, 0.3) is 5.60 Å². The molecule has 0 heterocycles. The Balaban J connectivity index is 1.69. The summed E-state index contributed by atoms with van der Waals surface area (Å²) in [6.45, 7) is 3.87. The molecule has 12 heteroatoms. The molecule has 2 saturated carbocycles. The first kappa shape index (κ1) is 30.0. The van der Waals surface area contributed by atoms with E-state index in [1.165, 1.54) is 12.1 Å². The minimum Gasteiger partial charge on any atom is -0.374 e. The van der Waals surface area contributed by atoms with Crippen molar-refractivity contribution in [3.8, 4) is 0 Å². The van der Waals surface area contributed by atoms with Gasteiger partial charge in [-0.3, -0.25) is 0 Å². The number of rotatable bonds is 9.